The maximum Gasteiger partial charge on any atom is 0.416 e. The molecular formula is C45H44F6N8O5S. The summed E-state index contributed by atoms with van der Waals surface area (Å²) in [5.74, 6) is 0.848. The molecule has 0 bridgehead atoms. The number of thioether (sulfide) groups is 1. The first-order chi connectivity index (χ1) is 31.1. The van der Waals surface area contributed by atoms with Crippen LogP contribution in [0.4, 0.5) is 35.9 Å². The molecule has 2 amide bonds. The van der Waals surface area contributed by atoms with Crippen molar-refractivity contribution in [1.82, 2.24) is 39.7 Å². The van der Waals surface area contributed by atoms with Crippen LogP contribution >= 0.6 is 11.8 Å². The number of aryl methyl sites for hydroxylation is 1. The van der Waals surface area contributed by atoms with Crippen LogP contribution in [0.15, 0.2) is 121 Å². The number of halogens is 6. The SMILES string of the molecule is Cn1nnnc1SC1CCN(C(=O)Oc2ccc(Cc3ccc(C(F)(F)F)cc3)cc2)CC1.O=C(Oc1ccc(Cc2ccc(C(F)(F)F)cc2)cc1)N1CCC(On2ccnc2)CC1. The van der Waals surface area contributed by atoms with E-state index in [0.29, 0.717) is 68.6 Å². The Balaban J connectivity index is 0.000000194. The van der Waals surface area contributed by atoms with Gasteiger partial charge in [0.25, 0.3) is 0 Å². The highest BCUT2D eigenvalue weighted by Crippen LogP contribution is 2.32. The Bertz CT molecular complexity index is 2440. The van der Waals surface area contributed by atoms with Crippen molar-refractivity contribution in [3.63, 3.8) is 0 Å². The van der Waals surface area contributed by atoms with Gasteiger partial charge in [0.05, 0.1) is 17.3 Å². The third-order valence-corrected chi connectivity index (χ3v) is 12.0. The molecular weight excluding hydrogens is 879 g/mol. The Kier molecular flexibility index (Phi) is 15.0. The molecule has 65 heavy (non-hydrogen) atoms. The molecule has 0 unspecified atom stereocenters. The van der Waals surface area contributed by atoms with Gasteiger partial charge in [-0.2, -0.15) is 31.1 Å². The molecule has 0 spiro atoms. The van der Waals surface area contributed by atoms with Crippen molar-refractivity contribution in [1.29, 1.82) is 0 Å². The lowest BCUT2D eigenvalue weighted by Gasteiger charge is -2.31. The average molecular weight is 923 g/mol. The van der Waals surface area contributed by atoms with E-state index < -0.39 is 35.7 Å². The van der Waals surface area contributed by atoms with E-state index in [0.717, 1.165) is 64.5 Å². The number of rotatable bonds is 10. The number of alkyl halides is 6. The fourth-order valence-electron chi connectivity index (χ4n) is 7.03. The van der Waals surface area contributed by atoms with Gasteiger partial charge in [-0.3, -0.25) is 0 Å². The molecule has 0 saturated carbocycles. The van der Waals surface area contributed by atoms with Crippen molar-refractivity contribution in [2.75, 3.05) is 26.2 Å². The number of hydrogen-bond donors (Lipinski definition) is 0. The van der Waals surface area contributed by atoms with Gasteiger partial charge < -0.3 is 24.1 Å². The second-order valence-corrected chi connectivity index (χ2v) is 16.6. The van der Waals surface area contributed by atoms with Crippen LogP contribution in [-0.2, 0) is 32.2 Å². The second kappa shape index (κ2) is 21.0. The van der Waals surface area contributed by atoms with Crippen molar-refractivity contribution < 1.29 is 50.2 Å². The zero-order chi connectivity index (χ0) is 46.0. The number of carbonyl (C=O) groups is 2. The molecule has 342 valence electrons. The quantitative estimate of drug-likeness (QED) is 0.123. The number of amides is 2. The van der Waals surface area contributed by atoms with Gasteiger partial charge in [0.15, 0.2) is 0 Å². The lowest BCUT2D eigenvalue weighted by molar-refractivity contribution is -0.138. The molecule has 0 aliphatic carbocycles. The molecule has 2 aromatic heterocycles. The molecule has 20 heteroatoms. The van der Waals surface area contributed by atoms with Crippen LogP contribution in [0.25, 0.3) is 0 Å². The van der Waals surface area contributed by atoms with E-state index in [2.05, 4.69) is 20.5 Å². The van der Waals surface area contributed by atoms with Gasteiger partial charge in [0, 0.05) is 57.5 Å². The Labute approximate surface area is 374 Å². The lowest BCUT2D eigenvalue weighted by Crippen LogP contribution is -2.44. The van der Waals surface area contributed by atoms with E-state index in [4.69, 9.17) is 14.3 Å². The molecule has 0 radical (unpaired) electrons. The van der Waals surface area contributed by atoms with Crippen molar-refractivity contribution >= 4 is 23.9 Å². The van der Waals surface area contributed by atoms with Gasteiger partial charge in [-0.25, -0.2) is 19.3 Å². The predicted molar refractivity (Wildman–Crippen MR) is 226 cm³/mol. The molecule has 6 aromatic rings. The predicted octanol–water partition coefficient (Wildman–Crippen LogP) is 9.16. The smallest absolute Gasteiger partial charge is 0.410 e. The molecule has 2 fully saturated rings. The normalized spacial score (nSPS) is 14.9. The Morgan fingerprint density at radius 1 is 0.646 bits per heavy atom. The highest BCUT2D eigenvalue weighted by atomic mass is 32.2. The topological polar surface area (TPSA) is 130 Å². The number of tetrazole rings is 1. The number of piperidine rings is 2. The number of nitrogens with zero attached hydrogens (tertiary/aromatic N) is 8. The monoisotopic (exact) mass is 922 g/mol. The van der Waals surface area contributed by atoms with E-state index in [1.807, 2.05) is 0 Å². The second-order valence-electron chi connectivity index (χ2n) is 15.4. The van der Waals surface area contributed by atoms with E-state index in [1.54, 1.807) is 105 Å². The summed E-state index contributed by atoms with van der Waals surface area (Å²) in [5, 5.41) is 12.5. The minimum atomic E-state index is -4.34. The van der Waals surface area contributed by atoms with Crippen LogP contribution in [0.2, 0.25) is 0 Å². The van der Waals surface area contributed by atoms with Gasteiger partial charge in [-0.05, 0) is 107 Å². The summed E-state index contributed by atoms with van der Waals surface area (Å²) in [6.45, 7) is 2.25. The molecule has 13 nitrogen and oxygen atoms in total. The Morgan fingerprint density at radius 2 is 1.08 bits per heavy atom. The van der Waals surface area contributed by atoms with Gasteiger partial charge in [0.2, 0.25) is 5.16 Å². The zero-order valence-electron chi connectivity index (χ0n) is 35.0. The zero-order valence-corrected chi connectivity index (χ0v) is 35.8. The molecule has 8 rings (SSSR count). The summed E-state index contributed by atoms with van der Waals surface area (Å²) in [7, 11) is 1.80. The first kappa shape index (κ1) is 46.4. The number of imidazole rings is 1. The number of hydrogen-bond acceptors (Lipinski definition) is 10. The van der Waals surface area contributed by atoms with Crippen molar-refractivity contribution in [3.05, 3.63) is 149 Å². The van der Waals surface area contributed by atoms with Crippen LogP contribution in [-0.4, -0.2) is 89.4 Å². The highest BCUT2D eigenvalue weighted by molar-refractivity contribution is 7.99. The van der Waals surface area contributed by atoms with E-state index in [9.17, 15) is 35.9 Å². The van der Waals surface area contributed by atoms with Gasteiger partial charge in [0.1, 0.15) is 23.9 Å². The van der Waals surface area contributed by atoms with Crippen molar-refractivity contribution in [3.8, 4) is 11.5 Å². The van der Waals surface area contributed by atoms with E-state index in [-0.39, 0.29) is 6.10 Å². The largest absolute Gasteiger partial charge is 0.416 e. The van der Waals surface area contributed by atoms with Crippen molar-refractivity contribution in [2.24, 2.45) is 7.05 Å². The summed E-state index contributed by atoms with van der Waals surface area (Å²) in [5.41, 5.74) is 2.02. The maximum atomic E-state index is 12.7. The third kappa shape index (κ3) is 13.5. The third-order valence-electron chi connectivity index (χ3n) is 10.6. The fraction of sp³-hybridized carbons (Fsp3) is 0.333. The molecule has 4 aromatic carbocycles. The lowest BCUT2D eigenvalue weighted by atomic mass is 10.0. The molecule has 4 heterocycles. The number of aromatic nitrogens is 6. The molecule has 0 N–H and O–H groups in total. The summed E-state index contributed by atoms with van der Waals surface area (Å²) in [4.78, 5) is 37.9. The van der Waals surface area contributed by atoms with Gasteiger partial charge in [-0.1, -0.05) is 60.3 Å². The first-order valence-corrected chi connectivity index (χ1v) is 21.5. The van der Waals surface area contributed by atoms with Gasteiger partial charge >= 0.3 is 24.5 Å². The van der Waals surface area contributed by atoms with Crippen LogP contribution in [0.5, 0.6) is 11.5 Å². The molecule has 2 aliphatic rings. The molecule has 2 saturated heterocycles. The summed E-state index contributed by atoms with van der Waals surface area (Å²) >= 11 is 1.61. The summed E-state index contributed by atoms with van der Waals surface area (Å²) in [6.07, 6.45) is -0.539. The van der Waals surface area contributed by atoms with Gasteiger partial charge in [-0.15, -0.1) is 5.10 Å². The maximum absolute atomic E-state index is 12.7. The fourth-order valence-corrected chi connectivity index (χ4v) is 8.04. The minimum Gasteiger partial charge on any atom is -0.410 e. The Hall–Kier alpha value is -6.57. The first-order valence-electron chi connectivity index (χ1n) is 20.6. The number of benzene rings is 4. The summed E-state index contributed by atoms with van der Waals surface area (Å²) < 4.78 is 90.2. The van der Waals surface area contributed by atoms with Crippen LogP contribution in [0, 0.1) is 0 Å². The van der Waals surface area contributed by atoms with Crippen LogP contribution in [0.1, 0.15) is 59.1 Å². The standard InChI is InChI=1S/C23H22F3N3O3.C22H22F3N5O2S/c24-23(25,26)19-5-1-17(2-6-19)15-18-3-7-20(8-4-18)31-22(30)28-12-9-21(10-13-28)32-29-14-11-27-16-29;1-29-20(26-27-28-29)33-19-10-12-30(13-11-19)21(31)32-18-8-4-16(5-9-18)14-15-2-6-17(7-3-15)22(23,24)25/h1-8,11,14,16,21H,9-10,12-13,15H2;2-9,19H,10-14H2,1H3. The Morgan fingerprint density at radius 3 is 1.46 bits per heavy atom. The van der Waals surface area contributed by atoms with Crippen molar-refractivity contribution in [2.45, 2.75) is 67.4 Å². The number of likely N-dealkylation sites (tertiary alicyclic amines) is 2. The van der Waals surface area contributed by atoms with Crippen LogP contribution in [0.3, 0.4) is 0 Å². The van der Waals surface area contributed by atoms with Crippen LogP contribution < -0.4 is 14.3 Å². The average Bonchev–Trinajstić information content (AvgIpc) is 3.96. The van der Waals surface area contributed by atoms with E-state index in [1.165, 1.54) is 24.3 Å². The minimum absolute atomic E-state index is 0.0118. The van der Waals surface area contributed by atoms with E-state index >= 15 is 0 Å². The number of ether oxygens (including phenoxy) is 2. The summed E-state index contributed by atoms with van der Waals surface area (Å²) in [6, 6.07) is 24.2. The molecule has 2 aliphatic heterocycles. The molecule has 0 atom stereocenters. The number of carbonyl (C=O) groups excluding carboxylic acids is 2. The highest BCUT2D eigenvalue weighted by Gasteiger charge is 2.31.